The largest absolute Gasteiger partial charge is 0.493 e. The van der Waals surface area contributed by atoms with Gasteiger partial charge in [0, 0.05) is 26.2 Å². The lowest BCUT2D eigenvalue weighted by Crippen LogP contribution is -2.40. The number of hydrogen-bond donors (Lipinski definition) is 1. The van der Waals surface area contributed by atoms with Gasteiger partial charge in [0.25, 0.3) is 5.91 Å². The minimum Gasteiger partial charge on any atom is -0.493 e. The standard InChI is InChI=1S/C23H29N3O6S/c1-2-32-22-6-4-3-5-19(22)23(27)24-20-17-18(33(28,29)26-11-15-31-16-12-26)7-8-21(20)25-9-13-30-14-10-25/h3-8,17H,2,9-16H2,1H3,(H,24,27). The Labute approximate surface area is 194 Å². The Bertz CT molecular complexity index is 1080. The van der Waals surface area contributed by atoms with Crippen molar-refractivity contribution >= 4 is 27.3 Å². The second kappa shape index (κ2) is 10.5. The van der Waals surface area contributed by atoms with Gasteiger partial charge in [-0.1, -0.05) is 12.1 Å². The van der Waals surface area contributed by atoms with Crippen molar-refractivity contribution < 1.29 is 27.4 Å². The summed E-state index contributed by atoms with van der Waals surface area (Å²) in [5.41, 5.74) is 1.57. The summed E-state index contributed by atoms with van der Waals surface area (Å²) in [5.74, 6) is 0.108. The lowest BCUT2D eigenvalue weighted by Gasteiger charge is -2.31. The summed E-state index contributed by atoms with van der Waals surface area (Å²) < 4.78 is 44.2. The van der Waals surface area contributed by atoms with Crippen LogP contribution in [0.1, 0.15) is 17.3 Å². The summed E-state index contributed by atoms with van der Waals surface area (Å²) >= 11 is 0. The van der Waals surface area contributed by atoms with Gasteiger partial charge in [-0.25, -0.2) is 8.42 Å². The van der Waals surface area contributed by atoms with Crippen molar-refractivity contribution in [2.45, 2.75) is 11.8 Å². The molecule has 0 spiro atoms. The number of nitrogens with one attached hydrogen (secondary N) is 1. The summed E-state index contributed by atoms with van der Waals surface area (Å²) in [7, 11) is -3.72. The van der Waals surface area contributed by atoms with Crippen LogP contribution in [-0.4, -0.2) is 77.8 Å². The van der Waals surface area contributed by atoms with E-state index in [-0.39, 0.29) is 10.8 Å². The van der Waals surface area contributed by atoms with Crippen LogP contribution in [0.25, 0.3) is 0 Å². The number of sulfonamides is 1. The van der Waals surface area contributed by atoms with Crippen molar-refractivity contribution in [1.82, 2.24) is 4.31 Å². The van der Waals surface area contributed by atoms with E-state index in [0.29, 0.717) is 76.2 Å². The highest BCUT2D eigenvalue weighted by atomic mass is 32.2. The van der Waals surface area contributed by atoms with Crippen LogP contribution in [0.2, 0.25) is 0 Å². The van der Waals surface area contributed by atoms with Gasteiger partial charge in [0.15, 0.2) is 0 Å². The number of hydrogen-bond acceptors (Lipinski definition) is 7. The highest BCUT2D eigenvalue weighted by Gasteiger charge is 2.28. The molecule has 33 heavy (non-hydrogen) atoms. The molecule has 0 unspecified atom stereocenters. The van der Waals surface area contributed by atoms with Crippen molar-refractivity contribution in [3.8, 4) is 5.75 Å². The fourth-order valence-corrected chi connectivity index (χ4v) is 5.35. The summed E-state index contributed by atoms with van der Waals surface area (Å²) in [6.45, 7) is 6.03. The van der Waals surface area contributed by atoms with Crippen LogP contribution in [0.4, 0.5) is 11.4 Å². The van der Waals surface area contributed by atoms with Gasteiger partial charge in [0.05, 0.1) is 54.9 Å². The van der Waals surface area contributed by atoms with Gasteiger partial charge in [-0.3, -0.25) is 4.79 Å². The Morgan fingerprint density at radius 1 is 1.00 bits per heavy atom. The number of para-hydroxylation sites is 1. The quantitative estimate of drug-likeness (QED) is 0.656. The van der Waals surface area contributed by atoms with Gasteiger partial charge in [-0.15, -0.1) is 0 Å². The van der Waals surface area contributed by atoms with Crippen LogP contribution in [0.5, 0.6) is 5.75 Å². The molecule has 178 valence electrons. The van der Waals surface area contributed by atoms with E-state index >= 15 is 0 Å². The third-order valence-corrected chi connectivity index (χ3v) is 7.50. The molecule has 2 fully saturated rings. The van der Waals surface area contributed by atoms with E-state index in [0.717, 1.165) is 5.69 Å². The number of amides is 1. The highest BCUT2D eigenvalue weighted by Crippen LogP contribution is 2.32. The van der Waals surface area contributed by atoms with Crippen LogP contribution in [0.15, 0.2) is 47.4 Å². The molecule has 9 nitrogen and oxygen atoms in total. The summed E-state index contributed by atoms with van der Waals surface area (Å²) in [5, 5.41) is 2.93. The van der Waals surface area contributed by atoms with Crippen LogP contribution in [-0.2, 0) is 19.5 Å². The minimum atomic E-state index is -3.72. The van der Waals surface area contributed by atoms with Crippen LogP contribution in [0.3, 0.4) is 0 Å². The molecule has 1 amide bonds. The molecule has 1 N–H and O–H groups in total. The predicted molar refractivity (Wildman–Crippen MR) is 125 cm³/mol. The molecule has 4 rings (SSSR count). The number of nitrogens with zero attached hydrogens (tertiary/aromatic N) is 2. The Balaban J connectivity index is 1.69. The third kappa shape index (κ3) is 5.30. The molecule has 0 radical (unpaired) electrons. The maximum atomic E-state index is 13.2. The highest BCUT2D eigenvalue weighted by molar-refractivity contribution is 7.89. The minimum absolute atomic E-state index is 0.134. The molecule has 2 aromatic rings. The molecule has 0 aliphatic carbocycles. The fraction of sp³-hybridized carbons (Fsp3) is 0.435. The zero-order chi connectivity index (χ0) is 23.3. The number of morpholine rings is 2. The first-order valence-corrected chi connectivity index (χ1v) is 12.5. The number of ether oxygens (including phenoxy) is 3. The molecule has 2 aliphatic rings. The maximum absolute atomic E-state index is 13.2. The molecule has 2 aromatic carbocycles. The lowest BCUT2D eigenvalue weighted by molar-refractivity contribution is 0.0730. The van der Waals surface area contributed by atoms with Gasteiger partial charge in [-0.2, -0.15) is 4.31 Å². The zero-order valence-corrected chi connectivity index (χ0v) is 19.5. The van der Waals surface area contributed by atoms with E-state index in [1.807, 2.05) is 6.92 Å². The zero-order valence-electron chi connectivity index (χ0n) is 18.7. The van der Waals surface area contributed by atoms with Crippen molar-refractivity contribution in [1.29, 1.82) is 0 Å². The van der Waals surface area contributed by atoms with E-state index in [9.17, 15) is 13.2 Å². The van der Waals surface area contributed by atoms with Gasteiger partial charge in [0.2, 0.25) is 10.0 Å². The average Bonchev–Trinajstić information content (AvgIpc) is 2.85. The van der Waals surface area contributed by atoms with Gasteiger partial charge >= 0.3 is 0 Å². The van der Waals surface area contributed by atoms with E-state index in [2.05, 4.69) is 10.2 Å². The first kappa shape index (κ1) is 23.5. The van der Waals surface area contributed by atoms with Crippen molar-refractivity contribution in [2.75, 3.05) is 69.4 Å². The molecule has 0 bridgehead atoms. The molecule has 2 heterocycles. The summed E-state index contributed by atoms with van der Waals surface area (Å²) in [4.78, 5) is 15.4. The number of anilines is 2. The summed E-state index contributed by atoms with van der Waals surface area (Å²) in [6.07, 6.45) is 0. The second-order valence-corrected chi connectivity index (χ2v) is 9.62. The molecule has 10 heteroatoms. The van der Waals surface area contributed by atoms with Crippen molar-refractivity contribution in [3.05, 3.63) is 48.0 Å². The molecule has 0 aromatic heterocycles. The normalized spacial score (nSPS) is 17.5. The second-order valence-electron chi connectivity index (χ2n) is 7.68. The Morgan fingerprint density at radius 3 is 2.36 bits per heavy atom. The van der Waals surface area contributed by atoms with Crippen LogP contribution < -0.4 is 15.0 Å². The molecular formula is C23H29N3O6S. The Hall–Kier alpha value is -2.66. The van der Waals surface area contributed by atoms with E-state index in [1.54, 1.807) is 36.4 Å². The Kier molecular flexibility index (Phi) is 7.49. The van der Waals surface area contributed by atoms with Gasteiger partial charge in [0.1, 0.15) is 5.75 Å². The van der Waals surface area contributed by atoms with Crippen molar-refractivity contribution in [2.24, 2.45) is 0 Å². The molecular weight excluding hydrogens is 446 g/mol. The molecule has 0 saturated carbocycles. The average molecular weight is 476 g/mol. The third-order valence-electron chi connectivity index (χ3n) is 5.61. The fourth-order valence-electron chi connectivity index (χ4n) is 3.92. The van der Waals surface area contributed by atoms with Crippen LogP contribution >= 0.6 is 0 Å². The number of rotatable bonds is 7. The smallest absolute Gasteiger partial charge is 0.259 e. The molecule has 0 atom stereocenters. The van der Waals surface area contributed by atoms with E-state index in [1.165, 1.54) is 10.4 Å². The maximum Gasteiger partial charge on any atom is 0.259 e. The predicted octanol–water partition coefficient (Wildman–Crippen LogP) is 2.20. The SMILES string of the molecule is CCOc1ccccc1C(=O)Nc1cc(S(=O)(=O)N2CCOCC2)ccc1N1CCOCC1. The molecule has 2 saturated heterocycles. The van der Waals surface area contributed by atoms with Gasteiger partial charge in [-0.05, 0) is 37.3 Å². The van der Waals surface area contributed by atoms with Gasteiger partial charge < -0.3 is 24.4 Å². The Morgan fingerprint density at radius 2 is 1.67 bits per heavy atom. The number of benzene rings is 2. The van der Waals surface area contributed by atoms with Crippen molar-refractivity contribution in [3.63, 3.8) is 0 Å². The lowest BCUT2D eigenvalue weighted by atomic mass is 10.1. The summed E-state index contributed by atoms with van der Waals surface area (Å²) in [6, 6.07) is 11.9. The first-order chi connectivity index (χ1) is 16.0. The first-order valence-electron chi connectivity index (χ1n) is 11.1. The number of carbonyl (C=O) groups is 1. The van der Waals surface area contributed by atoms with E-state index < -0.39 is 10.0 Å². The number of carbonyl (C=O) groups excluding carboxylic acids is 1. The van der Waals surface area contributed by atoms with Crippen LogP contribution in [0, 0.1) is 0 Å². The monoisotopic (exact) mass is 475 g/mol. The topological polar surface area (TPSA) is 97.4 Å². The molecule has 2 aliphatic heterocycles. The van der Waals surface area contributed by atoms with E-state index in [4.69, 9.17) is 14.2 Å².